The van der Waals surface area contributed by atoms with E-state index in [0.717, 1.165) is 26.2 Å². The summed E-state index contributed by atoms with van der Waals surface area (Å²) in [6.07, 6.45) is 3.72. The maximum absolute atomic E-state index is 4.06. The Kier molecular flexibility index (Phi) is 2.91. The van der Waals surface area contributed by atoms with Gasteiger partial charge in [-0.05, 0) is 17.5 Å². The Hall–Kier alpha value is -1.09. The maximum atomic E-state index is 4.06. The normalized spacial score (nSPS) is 21.1. The van der Waals surface area contributed by atoms with Crippen molar-refractivity contribution < 1.29 is 0 Å². The number of rotatable bonds is 1. The molecule has 1 aromatic heterocycles. The molecule has 82 valence electrons. The van der Waals surface area contributed by atoms with Crippen LogP contribution in [0.25, 0.3) is 0 Å². The first-order chi connectivity index (χ1) is 7.17. The number of hydrogen-bond acceptors (Lipinski definition) is 3. The highest BCUT2D eigenvalue weighted by Crippen LogP contribution is 2.22. The first-order valence-electron chi connectivity index (χ1n) is 5.53. The summed E-state index contributed by atoms with van der Waals surface area (Å²) in [5.74, 6) is 0. The van der Waals surface area contributed by atoms with Crippen LogP contribution in [-0.4, -0.2) is 31.2 Å². The van der Waals surface area contributed by atoms with Gasteiger partial charge in [-0.25, -0.2) is 0 Å². The fourth-order valence-corrected chi connectivity index (χ4v) is 2.07. The van der Waals surface area contributed by atoms with Crippen LogP contribution in [0.3, 0.4) is 0 Å². The van der Waals surface area contributed by atoms with E-state index in [-0.39, 0.29) is 0 Å². The summed E-state index contributed by atoms with van der Waals surface area (Å²) in [5.41, 5.74) is 1.61. The van der Waals surface area contributed by atoms with Crippen molar-refractivity contribution in [1.82, 2.24) is 10.3 Å². The Labute approximate surface area is 91.5 Å². The van der Waals surface area contributed by atoms with Gasteiger partial charge in [0, 0.05) is 44.3 Å². The fourth-order valence-electron chi connectivity index (χ4n) is 2.07. The van der Waals surface area contributed by atoms with Crippen molar-refractivity contribution in [2.24, 2.45) is 5.41 Å². The minimum atomic E-state index is 0.333. The Morgan fingerprint density at radius 3 is 2.80 bits per heavy atom. The molecule has 0 aliphatic carbocycles. The van der Waals surface area contributed by atoms with Crippen LogP contribution in [0, 0.1) is 5.41 Å². The molecule has 0 bridgehead atoms. The number of aromatic nitrogens is 1. The number of pyridine rings is 1. The molecule has 0 saturated carbocycles. The summed E-state index contributed by atoms with van der Waals surface area (Å²) in [6.45, 7) is 8.94. The van der Waals surface area contributed by atoms with Crippen molar-refractivity contribution in [3.8, 4) is 0 Å². The topological polar surface area (TPSA) is 28.2 Å². The zero-order chi connectivity index (χ0) is 10.7. The Morgan fingerprint density at radius 1 is 1.33 bits per heavy atom. The first kappa shape index (κ1) is 10.4. The van der Waals surface area contributed by atoms with E-state index >= 15 is 0 Å². The zero-order valence-electron chi connectivity index (χ0n) is 9.53. The Bertz CT molecular complexity index is 308. The van der Waals surface area contributed by atoms with E-state index in [4.69, 9.17) is 0 Å². The molecule has 0 atom stereocenters. The second-order valence-electron chi connectivity index (χ2n) is 4.97. The van der Waals surface area contributed by atoms with Gasteiger partial charge in [-0.1, -0.05) is 13.8 Å². The third-order valence-electron chi connectivity index (χ3n) is 2.81. The summed E-state index contributed by atoms with van der Waals surface area (Å²) in [7, 11) is 0. The van der Waals surface area contributed by atoms with Gasteiger partial charge in [0.15, 0.2) is 0 Å². The summed E-state index contributed by atoms with van der Waals surface area (Å²) in [6, 6.07) is 4.17. The van der Waals surface area contributed by atoms with Gasteiger partial charge in [-0.3, -0.25) is 4.98 Å². The third-order valence-corrected chi connectivity index (χ3v) is 2.81. The van der Waals surface area contributed by atoms with Crippen LogP contribution in [-0.2, 0) is 0 Å². The van der Waals surface area contributed by atoms with Crippen molar-refractivity contribution in [3.05, 3.63) is 24.5 Å². The zero-order valence-corrected chi connectivity index (χ0v) is 9.53. The van der Waals surface area contributed by atoms with Crippen molar-refractivity contribution in [1.29, 1.82) is 0 Å². The highest BCUT2D eigenvalue weighted by atomic mass is 15.2. The smallest absolute Gasteiger partial charge is 0.0397 e. The molecule has 0 spiro atoms. The molecular formula is C12H19N3. The molecule has 15 heavy (non-hydrogen) atoms. The molecule has 0 unspecified atom stereocenters. The average Bonchev–Trinajstić information content (AvgIpc) is 2.41. The van der Waals surface area contributed by atoms with E-state index in [9.17, 15) is 0 Å². The molecule has 1 aliphatic heterocycles. The molecule has 0 amide bonds. The van der Waals surface area contributed by atoms with Crippen molar-refractivity contribution in [2.45, 2.75) is 13.8 Å². The SMILES string of the molecule is CC1(C)CNCCN(c2ccncc2)C1. The highest BCUT2D eigenvalue weighted by molar-refractivity contribution is 5.45. The van der Waals surface area contributed by atoms with Gasteiger partial charge in [0.25, 0.3) is 0 Å². The molecule has 1 aliphatic rings. The van der Waals surface area contributed by atoms with E-state index in [2.05, 4.69) is 41.2 Å². The molecule has 3 nitrogen and oxygen atoms in total. The van der Waals surface area contributed by atoms with Gasteiger partial charge in [0.1, 0.15) is 0 Å². The van der Waals surface area contributed by atoms with E-state index in [1.807, 2.05) is 12.4 Å². The second kappa shape index (κ2) is 4.19. The molecule has 2 rings (SSSR count). The highest BCUT2D eigenvalue weighted by Gasteiger charge is 2.24. The largest absolute Gasteiger partial charge is 0.370 e. The molecule has 1 aromatic rings. The van der Waals surface area contributed by atoms with Gasteiger partial charge in [0.2, 0.25) is 0 Å². The molecule has 0 radical (unpaired) electrons. The molecule has 1 fully saturated rings. The van der Waals surface area contributed by atoms with Crippen molar-refractivity contribution in [3.63, 3.8) is 0 Å². The summed E-state index contributed by atoms with van der Waals surface area (Å²) >= 11 is 0. The average molecular weight is 205 g/mol. The number of hydrogen-bond donors (Lipinski definition) is 1. The quantitative estimate of drug-likeness (QED) is 0.753. The minimum Gasteiger partial charge on any atom is -0.370 e. The molecule has 1 saturated heterocycles. The summed E-state index contributed by atoms with van der Waals surface area (Å²) in [5, 5.41) is 3.48. The molecule has 2 heterocycles. The third kappa shape index (κ3) is 2.69. The van der Waals surface area contributed by atoms with Crippen LogP contribution >= 0.6 is 0 Å². The standard InChI is InChI=1S/C12H19N3/c1-12(2)9-14-7-8-15(10-12)11-3-5-13-6-4-11/h3-6,14H,7-10H2,1-2H3. The number of nitrogens with one attached hydrogen (secondary N) is 1. The predicted molar refractivity (Wildman–Crippen MR) is 63.1 cm³/mol. The lowest BCUT2D eigenvalue weighted by atomic mass is 9.93. The summed E-state index contributed by atoms with van der Waals surface area (Å²) < 4.78 is 0. The second-order valence-corrected chi connectivity index (χ2v) is 4.97. The van der Waals surface area contributed by atoms with E-state index < -0.39 is 0 Å². The molecule has 3 heteroatoms. The van der Waals surface area contributed by atoms with Gasteiger partial charge < -0.3 is 10.2 Å². The van der Waals surface area contributed by atoms with Gasteiger partial charge >= 0.3 is 0 Å². The van der Waals surface area contributed by atoms with Crippen LogP contribution in [0.15, 0.2) is 24.5 Å². The van der Waals surface area contributed by atoms with Crippen molar-refractivity contribution in [2.75, 3.05) is 31.1 Å². The van der Waals surface area contributed by atoms with Crippen LogP contribution in [0.4, 0.5) is 5.69 Å². The van der Waals surface area contributed by atoms with Crippen molar-refractivity contribution >= 4 is 5.69 Å². The number of nitrogens with zero attached hydrogens (tertiary/aromatic N) is 2. The van der Waals surface area contributed by atoms with Gasteiger partial charge in [0.05, 0.1) is 0 Å². The van der Waals surface area contributed by atoms with Crippen LogP contribution in [0.5, 0.6) is 0 Å². The Morgan fingerprint density at radius 2 is 2.07 bits per heavy atom. The van der Waals surface area contributed by atoms with Crippen LogP contribution in [0.2, 0.25) is 0 Å². The molecule has 0 aromatic carbocycles. The van der Waals surface area contributed by atoms with E-state index in [1.165, 1.54) is 5.69 Å². The molecule has 1 N–H and O–H groups in total. The fraction of sp³-hybridized carbons (Fsp3) is 0.583. The predicted octanol–water partition coefficient (Wildman–Crippen LogP) is 1.52. The van der Waals surface area contributed by atoms with Crippen LogP contribution < -0.4 is 10.2 Å². The summed E-state index contributed by atoms with van der Waals surface area (Å²) in [4.78, 5) is 6.49. The van der Waals surface area contributed by atoms with E-state index in [0.29, 0.717) is 5.41 Å². The van der Waals surface area contributed by atoms with Crippen LogP contribution in [0.1, 0.15) is 13.8 Å². The van der Waals surface area contributed by atoms with E-state index in [1.54, 1.807) is 0 Å². The van der Waals surface area contributed by atoms with Gasteiger partial charge in [-0.15, -0.1) is 0 Å². The molecular weight excluding hydrogens is 186 g/mol. The van der Waals surface area contributed by atoms with Gasteiger partial charge in [-0.2, -0.15) is 0 Å². The lowest BCUT2D eigenvalue weighted by molar-refractivity contribution is 0.370. The monoisotopic (exact) mass is 205 g/mol. The first-order valence-corrected chi connectivity index (χ1v) is 5.53. The maximum Gasteiger partial charge on any atom is 0.0397 e. The Balaban J connectivity index is 2.15. The lowest BCUT2D eigenvalue weighted by Gasteiger charge is -2.30. The lowest BCUT2D eigenvalue weighted by Crippen LogP contribution is -2.35. The number of anilines is 1. The minimum absolute atomic E-state index is 0.333.